The standard InChI is InChI=1S/C17H21N4O4/c1-20-14(16(18)23)8-13(17(20)24)19-9-11-2-4-12(5-3-11)21-6-7-25-10-15(21)22/h2-5,8,13-14,19H,6-7,9-10H2,1H3,(H2,18,23). The van der Waals surface area contributed by atoms with E-state index in [9.17, 15) is 14.4 Å². The summed E-state index contributed by atoms with van der Waals surface area (Å²) in [5, 5.41) is 3.12. The van der Waals surface area contributed by atoms with E-state index in [0.717, 1.165) is 11.3 Å². The molecule has 2 fully saturated rings. The summed E-state index contributed by atoms with van der Waals surface area (Å²) in [7, 11) is 1.56. The smallest absolute Gasteiger partial charge is 0.253 e. The van der Waals surface area contributed by atoms with Crippen molar-refractivity contribution >= 4 is 23.4 Å². The lowest BCUT2D eigenvalue weighted by molar-refractivity contribution is -0.133. The molecule has 133 valence electrons. The summed E-state index contributed by atoms with van der Waals surface area (Å²) >= 11 is 0. The number of primary amides is 1. The number of nitrogens with zero attached hydrogens (tertiary/aromatic N) is 2. The molecule has 2 saturated heterocycles. The molecule has 0 bridgehead atoms. The van der Waals surface area contributed by atoms with Gasteiger partial charge in [0, 0.05) is 32.2 Å². The summed E-state index contributed by atoms with van der Waals surface area (Å²) in [6, 6.07) is 6.33. The van der Waals surface area contributed by atoms with Crippen molar-refractivity contribution in [2.75, 3.05) is 31.7 Å². The van der Waals surface area contributed by atoms with Crippen molar-refractivity contribution in [2.45, 2.75) is 18.6 Å². The first-order chi connectivity index (χ1) is 12.0. The van der Waals surface area contributed by atoms with Crippen LogP contribution in [0, 0.1) is 6.42 Å². The molecule has 2 atom stereocenters. The second-order valence-electron chi connectivity index (χ2n) is 6.11. The molecule has 3 amide bonds. The van der Waals surface area contributed by atoms with E-state index in [-0.39, 0.29) is 18.4 Å². The molecule has 1 radical (unpaired) electrons. The normalized spacial score (nSPS) is 24.0. The summed E-state index contributed by atoms with van der Waals surface area (Å²) < 4.78 is 5.12. The van der Waals surface area contributed by atoms with Gasteiger partial charge in [0.15, 0.2) is 0 Å². The van der Waals surface area contributed by atoms with Crippen LogP contribution in [0.4, 0.5) is 5.69 Å². The highest BCUT2D eigenvalue weighted by Gasteiger charge is 2.40. The molecule has 1 aromatic carbocycles. The molecule has 25 heavy (non-hydrogen) atoms. The Labute approximate surface area is 145 Å². The molecular weight excluding hydrogens is 324 g/mol. The zero-order chi connectivity index (χ0) is 18.0. The first kappa shape index (κ1) is 17.4. The first-order valence-corrected chi connectivity index (χ1v) is 8.09. The molecule has 8 nitrogen and oxygen atoms in total. The number of anilines is 1. The maximum absolute atomic E-state index is 12.1. The molecule has 0 aromatic heterocycles. The lowest BCUT2D eigenvalue weighted by Crippen LogP contribution is -2.41. The number of ether oxygens (including phenoxy) is 1. The number of benzene rings is 1. The number of rotatable bonds is 5. The average molecular weight is 345 g/mol. The largest absolute Gasteiger partial charge is 0.370 e. The number of nitrogens with two attached hydrogens (primary N) is 1. The van der Waals surface area contributed by atoms with Crippen LogP contribution < -0.4 is 16.0 Å². The molecule has 2 heterocycles. The van der Waals surface area contributed by atoms with Crippen LogP contribution in [0.1, 0.15) is 5.56 Å². The number of likely N-dealkylation sites (tertiary alicyclic amines) is 1. The van der Waals surface area contributed by atoms with Gasteiger partial charge in [0.25, 0.3) is 5.91 Å². The Balaban J connectivity index is 1.58. The minimum absolute atomic E-state index is 0.0520. The Kier molecular flexibility index (Phi) is 5.00. The monoisotopic (exact) mass is 345 g/mol. The Morgan fingerprint density at radius 2 is 2.04 bits per heavy atom. The number of morpholine rings is 1. The van der Waals surface area contributed by atoms with Crippen LogP contribution in [0.15, 0.2) is 24.3 Å². The number of carbonyl (C=O) groups excluding carboxylic acids is 3. The maximum Gasteiger partial charge on any atom is 0.253 e. The number of carbonyl (C=O) groups is 3. The molecule has 2 aliphatic rings. The maximum atomic E-state index is 12.1. The Morgan fingerprint density at radius 1 is 1.32 bits per heavy atom. The van der Waals surface area contributed by atoms with Crippen molar-refractivity contribution in [3.63, 3.8) is 0 Å². The average Bonchev–Trinajstić information content (AvgIpc) is 2.89. The molecule has 8 heteroatoms. The third-order valence-corrected chi connectivity index (χ3v) is 4.46. The highest BCUT2D eigenvalue weighted by molar-refractivity contribution is 5.96. The van der Waals surface area contributed by atoms with E-state index in [4.69, 9.17) is 10.5 Å². The summed E-state index contributed by atoms with van der Waals surface area (Å²) in [4.78, 5) is 38.3. The van der Waals surface area contributed by atoms with Gasteiger partial charge in [0.1, 0.15) is 12.6 Å². The number of amides is 3. The topological polar surface area (TPSA) is 105 Å². The van der Waals surface area contributed by atoms with Gasteiger partial charge in [0.05, 0.1) is 12.6 Å². The highest BCUT2D eigenvalue weighted by Crippen LogP contribution is 2.19. The lowest BCUT2D eigenvalue weighted by atomic mass is 10.1. The van der Waals surface area contributed by atoms with Crippen LogP contribution in [0.25, 0.3) is 0 Å². The third kappa shape index (κ3) is 3.64. The van der Waals surface area contributed by atoms with E-state index in [1.807, 2.05) is 24.3 Å². The van der Waals surface area contributed by atoms with Gasteiger partial charge in [-0.3, -0.25) is 14.4 Å². The predicted octanol–water partition coefficient (Wildman–Crippen LogP) is -0.962. The van der Waals surface area contributed by atoms with Crippen molar-refractivity contribution in [2.24, 2.45) is 5.73 Å². The summed E-state index contributed by atoms with van der Waals surface area (Å²) in [6.45, 7) is 1.65. The zero-order valence-corrected chi connectivity index (χ0v) is 14.0. The van der Waals surface area contributed by atoms with Gasteiger partial charge >= 0.3 is 0 Å². The molecule has 2 aliphatic heterocycles. The van der Waals surface area contributed by atoms with Crippen LogP contribution in [0.5, 0.6) is 0 Å². The second-order valence-corrected chi connectivity index (χ2v) is 6.11. The third-order valence-electron chi connectivity index (χ3n) is 4.46. The quantitative estimate of drug-likeness (QED) is 0.715. The number of likely N-dealkylation sites (N-methyl/N-ethyl adjacent to an activating group) is 1. The molecule has 2 unspecified atom stereocenters. The second kappa shape index (κ2) is 7.20. The number of hydrogen-bond acceptors (Lipinski definition) is 5. The highest BCUT2D eigenvalue weighted by atomic mass is 16.5. The van der Waals surface area contributed by atoms with Crippen LogP contribution in [-0.2, 0) is 25.7 Å². The van der Waals surface area contributed by atoms with E-state index >= 15 is 0 Å². The fourth-order valence-electron chi connectivity index (χ4n) is 3.00. The van der Waals surface area contributed by atoms with Gasteiger partial charge < -0.3 is 25.6 Å². The van der Waals surface area contributed by atoms with Gasteiger partial charge in [-0.2, -0.15) is 0 Å². The molecule has 0 saturated carbocycles. The van der Waals surface area contributed by atoms with E-state index in [2.05, 4.69) is 5.32 Å². The van der Waals surface area contributed by atoms with Gasteiger partial charge in [-0.1, -0.05) is 12.1 Å². The van der Waals surface area contributed by atoms with E-state index in [1.165, 1.54) is 4.90 Å². The van der Waals surface area contributed by atoms with Crippen molar-refractivity contribution in [3.8, 4) is 0 Å². The van der Waals surface area contributed by atoms with E-state index < -0.39 is 18.0 Å². The SMILES string of the molecule is CN1C(=O)C(NCc2ccc(N3CCOCC3=O)cc2)[CH]C1C(N)=O. The summed E-state index contributed by atoms with van der Waals surface area (Å²) in [5.74, 6) is -0.775. The predicted molar refractivity (Wildman–Crippen MR) is 90.3 cm³/mol. The molecule has 3 N–H and O–H groups in total. The van der Waals surface area contributed by atoms with Crippen LogP contribution in [0.3, 0.4) is 0 Å². The fourth-order valence-corrected chi connectivity index (χ4v) is 3.00. The van der Waals surface area contributed by atoms with Gasteiger partial charge in [-0.05, 0) is 17.7 Å². The molecule has 0 spiro atoms. The Hall–Kier alpha value is -2.45. The van der Waals surface area contributed by atoms with Gasteiger partial charge in [-0.25, -0.2) is 0 Å². The van der Waals surface area contributed by atoms with Gasteiger partial charge in [-0.15, -0.1) is 0 Å². The number of hydrogen-bond donors (Lipinski definition) is 2. The zero-order valence-electron chi connectivity index (χ0n) is 14.0. The Bertz CT molecular complexity index is 676. The van der Waals surface area contributed by atoms with Crippen molar-refractivity contribution < 1.29 is 19.1 Å². The van der Waals surface area contributed by atoms with Crippen LogP contribution in [0.2, 0.25) is 0 Å². The van der Waals surface area contributed by atoms with E-state index in [1.54, 1.807) is 18.4 Å². The van der Waals surface area contributed by atoms with Gasteiger partial charge in [0.2, 0.25) is 11.8 Å². The van der Waals surface area contributed by atoms with Crippen molar-refractivity contribution in [3.05, 3.63) is 36.2 Å². The fraction of sp³-hybridized carbons (Fsp3) is 0.412. The molecular formula is C17H21N4O4. The molecule has 1 aromatic rings. The Morgan fingerprint density at radius 3 is 2.64 bits per heavy atom. The number of nitrogens with one attached hydrogen (secondary N) is 1. The first-order valence-electron chi connectivity index (χ1n) is 8.09. The van der Waals surface area contributed by atoms with Crippen molar-refractivity contribution in [1.82, 2.24) is 10.2 Å². The lowest BCUT2D eigenvalue weighted by Gasteiger charge is -2.27. The summed E-state index contributed by atoms with van der Waals surface area (Å²) in [5.41, 5.74) is 7.08. The molecule has 3 rings (SSSR count). The minimum Gasteiger partial charge on any atom is -0.370 e. The summed E-state index contributed by atoms with van der Waals surface area (Å²) in [6.07, 6.45) is 1.62. The van der Waals surface area contributed by atoms with Crippen LogP contribution in [-0.4, -0.2) is 61.5 Å². The van der Waals surface area contributed by atoms with Crippen molar-refractivity contribution in [1.29, 1.82) is 0 Å². The molecule has 0 aliphatic carbocycles. The van der Waals surface area contributed by atoms with Crippen LogP contribution >= 0.6 is 0 Å². The minimum atomic E-state index is -0.681. The van der Waals surface area contributed by atoms with E-state index in [0.29, 0.717) is 19.7 Å².